The van der Waals surface area contributed by atoms with Crippen molar-refractivity contribution in [3.63, 3.8) is 0 Å². The van der Waals surface area contributed by atoms with Gasteiger partial charge in [0.25, 0.3) is 5.91 Å². The molecular formula is C22H20ClFN2O2. The third-order valence-corrected chi connectivity index (χ3v) is 5.64. The summed E-state index contributed by atoms with van der Waals surface area (Å²) in [6.07, 6.45) is 1.77. The topological polar surface area (TPSA) is 46.3 Å². The Balaban J connectivity index is 1.58. The van der Waals surface area contributed by atoms with Gasteiger partial charge in [-0.05, 0) is 43.4 Å². The smallest absolute Gasteiger partial charge is 0.259 e. The number of hydrogen-bond donors (Lipinski definition) is 0. The quantitative estimate of drug-likeness (QED) is 0.588. The van der Waals surface area contributed by atoms with Crippen LogP contribution in [0.1, 0.15) is 40.4 Å². The van der Waals surface area contributed by atoms with Crippen molar-refractivity contribution in [3.05, 3.63) is 76.3 Å². The Kier molecular flexibility index (Phi) is 5.18. The van der Waals surface area contributed by atoms with E-state index in [4.69, 9.17) is 16.1 Å². The summed E-state index contributed by atoms with van der Waals surface area (Å²) in [6, 6.07) is 14.7. The number of hydrogen-bond acceptors (Lipinski definition) is 3. The number of aryl methyl sites for hydroxylation is 1. The molecule has 0 aliphatic carbocycles. The molecular weight excluding hydrogens is 379 g/mol. The zero-order valence-electron chi connectivity index (χ0n) is 15.5. The molecule has 4 rings (SSSR count). The van der Waals surface area contributed by atoms with Gasteiger partial charge in [0, 0.05) is 13.1 Å². The first-order valence-electron chi connectivity index (χ1n) is 9.31. The minimum absolute atomic E-state index is 0.100. The van der Waals surface area contributed by atoms with Gasteiger partial charge < -0.3 is 9.42 Å². The number of benzene rings is 2. The minimum atomic E-state index is -0.530. The van der Waals surface area contributed by atoms with Crippen LogP contribution < -0.4 is 0 Å². The molecule has 3 aromatic rings. The molecule has 0 bridgehead atoms. The summed E-state index contributed by atoms with van der Waals surface area (Å²) in [5.41, 5.74) is 1.85. The first-order chi connectivity index (χ1) is 13.6. The average molecular weight is 399 g/mol. The fourth-order valence-electron chi connectivity index (χ4n) is 3.82. The molecule has 0 radical (unpaired) electrons. The van der Waals surface area contributed by atoms with Crippen molar-refractivity contribution in [3.8, 4) is 11.3 Å². The van der Waals surface area contributed by atoms with Crippen molar-refractivity contribution in [2.24, 2.45) is 0 Å². The van der Waals surface area contributed by atoms with Crippen LogP contribution in [-0.4, -0.2) is 29.1 Å². The van der Waals surface area contributed by atoms with E-state index in [2.05, 4.69) is 17.3 Å². The Bertz CT molecular complexity index is 975. The van der Waals surface area contributed by atoms with E-state index in [1.54, 1.807) is 17.9 Å². The van der Waals surface area contributed by atoms with Crippen LogP contribution in [0.15, 0.2) is 53.1 Å². The minimum Gasteiger partial charge on any atom is -0.360 e. The summed E-state index contributed by atoms with van der Waals surface area (Å²) >= 11 is 6.18. The lowest BCUT2D eigenvalue weighted by Gasteiger charge is -2.32. The van der Waals surface area contributed by atoms with E-state index in [1.165, 1.54) is 17.7 Å². The van der Waals surface area contributed by atoms with E-state index in [0.717, 1.165) is 12.8 Å². The van der Waals surface area contributed by atoms with Gasteiger partial charge in [-0.25, -0.2) is 4.39 Å². The maximum Gasteiger partial charge on any atom is 0.259 e. The molecule has 1 fully saturated rings. The lowest BCUT2D eigenvalue weighted by molar-refractivity contribution is 0.0712. The normalized spacial score (nSPS) is 15.0. The van der Waals surface area contributed by atoms with Crippen LogP contribution >= 0.6 is 11.6 Å². The Labute approximate surface area is 167 Å². The number of halogens is 2. The first-order valence-corrected chi connectivity index (χ1v) is 9.69. The van der Waals surface area contributed by atoms with Gasteiger partial charge in [0.1, 0.15) is 22.8 Å². The summed E-state index contributed by atoms with van der Waals surface area (Å²) in [4.78, 5) is 15.0. The number of amides is 1. The molecule has 2 heterocycles. The SMILES string of the molecule is Cc1onc(-c2c(F)cccc2Cl)c1C(=O)N1CCC(c2ccccc2)CC1. The van der Waals surface area contributed by atoms with Gasteiger partial charge in [-0.2, -0.15) is 0 Å². The number of rotatable bonds is 3. The van der Waals surface area contributed by atoms with Gasteiger partial charge in [0.2, 0.25) is 0 Å². The van der Waals surface area contributed by atoms with Crippen molar-refractivity contribution in [1.82, 2.24) is 10.1 Å². The van der Waals surface area contributed by atoms with E-state index in [-0.39, 0.29) is 27.8 Å². The molecule has 1 aliphatic rings. The molecule has 0 atom stereocenters. The van der Waals surface area contributed by atoms with Gasteiger partial charge in [-0.15, -0.1) is 0 Å². The lowest BCUT2D eigenvalue weighted by atomic mass is 9.89. The number of aromatic nitrogens is 1. The molecule has 0 N–H and O–H groups in total. The summed E-state index contributed by atoms with van der Waals surface area (Å²) in [6.45, 7) is 2.93. The van der Waals surface area contributed by atoms with Crippen LogP contribution in [-0.2, 0) is 0 Å². The standard InChI is InChI=1S/C22H20ClFN2O2/c1-14-19(21(25-28-14)20-17(23)8-5-9-18(20)24)22(27)26-12-10-16(11-13-26)15-6-3-2-4-7-15/h2-9,16H,10-13H2,1H3. The number of carbonyl (C=O) groups is 1. The number of nitrogens with zero attached hydrogens (tertiary/aromatic N) is 2. The lowest BCUT2D eigenvalue weighted by Crippen LogP contribution is -2.38. The zero-order valence-corrected chi connectivity index (χ0v) is 16.2. The second-order valence-electron chi connectivity index (χ2n) is 7.04. The second-order valence-corrected chi connectivity index (χ2v) is 7.44. The Hall–Kier alpha value is -2.66. The average Bonchev–Trinajstić information content (AvgIpc) is 3.09. The largest absolute Gasteiger partial charge is 0.360 e. The van der Waals surface area contributed by atoms with Crippen molar-refractivity contribution in [1.29, 1.82) is 0 Å². The number of likely N-dealkylation sites (tertiary alicyclic amines) is 1. The van der Waals surface area contributed by atoms with Crippen LogP contribution in [0.2, 0.25) is 5.02 Å². The monoisotopic (exact) mass is 398 g/mol. The van der Waals surface area contributed by atoms with Gasteiger partial charge in [-0.3, -0.25) is 4.79 Å². The highest BCUT2D eigenvalue weighted by Crippen LogP contribution is 2.35. The van der Waals surface area contributed by atoms with Crippen LogP contribution in [0.4, 0.5) is 4.39 Å². The molecule has 1 aromatic heterocycles. The van der Waals surface area contributed by atoms with E-state index in [1.807, 2.05) is 18.2 Å². The molecule has 6 heteroatoms. The maximum atomic E-state index is 14.4. The molecule has 0 unspecified atom stereocenters. The van der Waals surface area contributed by atoms with Crippen LogP contribution in [0.25, 0.3) is 11.3 Å². The highest BCUT2D eigenvalue weighted by atomic mass is 35.5. The van der Waals surface area contributed by atoms with E-state index in [9.17, 15) is 9.18 Å². The number of piperidine rings is 1. The van der Waals surface area contributed by atoms with E-state index < -0.39 is 5.82 Å². The van der Waals surface area contributed by atoms with Crippen molar-refractivity contribution in [2.75, 3.05) is 13.1 Å². The van der Waals surface area contributed by atoms with Gasteiger partial charge >= 0.3 is 0 Å². The van der Waals surface area contributed by atoms with Crippen LogP contribution in [0.5, 0.6) is 0 Å². The van der Waals surface area contributed by atoms with Gasteiger partial charge in [-0.1, -0.05) is 53.2 Å². The molecule has 28 heavy (non-hydrogen) atoms. The highest BCUT2D eigenvalue weighted by molar-refractivity contribution is 6.33. The fraction of sp³-hybridized carbons (Fsp3) is 0.273. The molecule has 2 aromatic carbocycles. The van der Waals surface area contributed by atoms with E-state index in [0.29, 0.717) is 24.8 Å². The summed E-state index contributed by atoms with van der Waals surface area (Å²) in [7, 11) is 0. The highest BCUT2D eigenvalue weighted by Gasteiger charge is 2.31. The fourth-order valence-corrected chi connectivity index (χ4v) is 4.07. The predicted molar refractivity (Wildman–Crippen MR) is 106 cm³/mol. The first kappa shape index (κ1) is 18.7. The predicted octanol–water partition coefficient (Wildman–Crippen LogP) is 5.46. The molecule has 0 saturated carbocycles. The summed E-state index contributed by atoms with van der Waals surface area (Å²) in [5, 5.41) is 4.14. The number of carbonyl (C=O) groups excluding carboxylic acids is 1. The van der Waals surface area contributed by atoms with Crippen molar-refractivity contribution >= 4 is 17.5 Å². The van der Waals surface area contributed by atoms with E-state index >= 15 is 0 Å². The maximum absolute atomic E-state index is 14.4. The Morgan fingerprint density at radius 1 is 1.14 bits per heavy atom. The molecule has 144 valence electrons. The Morgan fingerprint density at radius 3 is 2.54 bits per heavy atom. The molecule has 1 aliphatic heterocycles. The van der Waals surface area contributed by atoms with Crippen LogP contribution in [0.3, 0.4) is 0 Å². The summed E-state index contributed by atoms with van der Waals surface area (Å²) < 4.78 is 19.6. The Morgan fingerprint density at radius 2 is 1.86 bits per heavy atom. The molecule has 1 amide bonds. The third kappa shape index (κ3) is 3.42. The molecule has 4 nitrogen and oxygen atoms in total. The molecule has 1 saturated heterocycles. The van der Waals surface area contributed by atoms with Crippen LogP contribution in [0, 0.1) is 12.7 Å². The second kappa shape index (κ2) is 7.76. The van der Waals surface area contributed by atoms with Crippen molar-refractivity contribution in [2.45, 2.75) is 25.7 Å². The third-order valence-electron chi connectivity index (χ3n) is 5.33. The van der Waals surface area contributed by atoms with Gasteiger partial charge in [0.15, 0.2) is 0 Å². The van der Waals surface area contributed by atoms with Gasteiger partial charge in [0.05, 0.1) is 10.6 Å². The summed E-state index contributed by atoms with van der Waals surface area (Å²) in [5.74, 6) is 0.0797. The van der Waals surface area contributed by atoms with Crippen molar-refractivity contribution < 1.29 is 13.7 Å². The molecule has 0 spiro atoms. The zero-order chi connectivity index (χ0) is 19.7.